The van der Waals surface area contributed by atoms with Gasteiger partial charge in [-0.1, -0.05) is 173 Å². The summed E-state index contributed by atoms with van der Waals surface area (Å²) in [5, 5.41) is 2.25. The van der Waals surface area contributed by atoms with E-state index >= 15 is 0 Å². The lowest BCUT2D eigenvalue weighted by Gasteiger charge is -2.46. The van der Waals surface area contributed by atoms with E-state index in [1.54, 1.807) is 0 Å². The number of furan rings is 1. The van der Waals surface area contributed by atoms with Gasteiger partial charge < -0.3 is 9.32 Å². The summed E-state index contributed by atoms with van der Waals surface area (Å²) in [6, 6.07) is 66.1. The summed E-state index contributed by atoms with van der Waals surface area (Å²) in [5.74, 6) is 0.840. The monoisotopic (exact) mass is 809 g/mol. The van der Waals surface area contributed by atoms with Gasteiger partial charge >= 0.3 is 0 Å². The lowest BCUT2D eigenvalue weighted by Crippen LogP contribution is -2.40. The van der Waals surface area contributed by atoms with Crippen LogP contribution in [0.1, 0.15) is 78.1 Å². The van der Waals surface area contributed by atoms with Crippen LogP contribution in [-0.2, 0) is 16.2 Å². The number of benzene rings is 8. The number of fused-ring (bicyclic) bond motifs is 15. The minimum Gasteiger partial charge on any atom is -0.456 e. The summed E-state index contributed by atoms with van der Waals surface area (Å²) < 4.78 is 6.32. The fourth-order valence-electron chi connectivity index (χ4n) is 12.4. The number of hydrogen-bond donors (Lipinski definition) is 0. The molecule has 13 rings (SSSR count). The summed E-state index contributed by atoms with van der Waals surface area (Å²) >= 11 is 0. The molecule has 2 heteroatoms. The number of allylic oxidation sites excluding steroid dienone is 4. The molecule has 0 fully saturated rings. The maximum absolute atomic E-state index is 6.32. The normalized spacial score (nSPS) is 18.7. The number of nitrogens with zero attached hydrogens (tertiary/aromatic N) is 1. The van der Waals surface area contributed by atoms with Gasteiger partial charge in [0.2, 0.25) is 0 Å². The van der Waals surface area contributed by atoms with Gasteiger partial charge in [-0.25, -0.2) is 0 Å². The molecule has 4 aliphatic rings. The average molecular weight is 810 g/mol. The first-order valence-electron chi connectivity index (χ1n) is 22.5. The molecule has 0 radical (unpaired) electrons. The van der Waals surface area contributed by atoms with Gasteiger partial charge in [-0.05, 0) is 133 Å². The van der Waals surface area contributed by atoms with Gasteiger partial charge in [0.25, 0.3) is 0 Å². The van der Waals surface area contributed by atoms with Crippen LogP contribution in [0.15, 0.2) is 205 Å². The third-order valence-corrected chi connectivity index (χ3v) is 15.4. The number of para-hydroxylation sites is 1. The van der Waals surface area contributed by atoms with Crippen molar-refractivity contribution >= 4 is 39.0 Å². The van der Waals surface area contributed by atoms with Crippen molar-refractivity contribution in [3.05, 3.63) is 245 Å². The van der Waals surface area contributed by atoms with Crippen LogP contribution in [0.25, 0.3) is 44.2 Å². The fraction of sp³-hybridized carbons (Fsp3) is 0.148. The molecule has 0 bridgehead atoms. The number of anilines is 3. The van der Waals surface area contributed by atoms with E-state index in [1.165, 1.54) is 66.8 Å². The molecule has 0 saturated carbocycles. The highest BCUT2D eigenvalue weighted by molar-refractivity contribution is 6.06. The van der Waals surface area contributed by atoms with Gasteiger partial charge in [0.1, 0.15) is 11.2 Å². The topological polar surface area (TPSA) is 16.4 Å². The van der Waals surface area contributed by atoms with Crippen LogP contribution in [0.4, 0.5) is 17.1 Å². The molecule has 0 aliphatic heterocycles. The van der Waals surface area contributed by atoms with Crippen LogP contribution in [0.2, 0.25) is 0 Å². The second-order valence-electron chi connectivity index (χ2n) is 19.2. The highest BCUT2D eigenvalue weighted by Gasteiger charge is 2.53. The Labute approximate surface area is 369 Å². The Balaban J connectivity index is 0.970. The van der Waals surface area contributed by atoms with Gasteiger partial charge in [0.05, 0.1) is 5.41 Å². The predicted octanol–water partition coefficient (Wildman–Crippen LogP) is 15.8. The van der Waals surface area contributed by atoms with Gasteiger partial charge in [-0.3, -0.25) is 0 Å². The zero-order chi connectivity index (χ0) is 42.2. The standard InChI is InChI=1S/C61H47NO/c1-59(2)49-18-8-5-15-43(49)45-33-30-42(37-55(45)59)62(41-31-34-58-48(36-41)47-17-7-14-24-57(47)63-58)40-28-25-38(26-29-40)39-27-32-46-44-16-6-9-19-50(44)61(56(46)35-39)53-22-12-10-20-51(53)60(3,4)52-21-11-13-23-54(52)61/h5-37,43,49H,1-4H3. The zero-order valence-corrected chi connectivity index (χ0v) is 36.1. The smallest absolute Gasteiger partial charge is 0.135 e. The molecule has 8 aromatic carbocycles. The van der Waals surface area contributed by atoms with E-state index in [4.69, 9.17) is 4.42 Å². The van der Waals surface area contributed by atoms with Gasteiger partial charge in [-0.15, -0.1) is 0 Å². The molecule has 1 heterocycles. The fourth-order valence-corrected chi connectivity index (χ4v) is 12.4. The minimum absolute atomic E-state index is 0.00276. The largest absolute Gasteiger partial charge is 0.456 e. The number of rotatable bonds is 4. The van der Waals surface area contributed by atoms with E-state index in [2.05, 4.69) is 227 Å². The van der Waals surface area contributed by atoms with E-state index in [0.29, 0.717) is 11.8 Å². The maximum Gasteiger partial charge on any atom is 0.135 e. The Hall–Kier alpha value is -7.16. The first-order chi connectivity index (χ1) is 30.7. The SMILES string of the molecule is CC1(C)c2ccccc2C2(c3ccccc3-c3ccc(-c4ccc(N(c5ccc6c(c5)C(C)(C)C5C=CC=CC65)c5ccc6oc7ccccc7c6c5)cc4)cc32)c2ccccc21. The van der Waals surface area contributed by atoms with Crippen LogP contribution in [-0.4, -0.2) is 0 Å². The van der Waals surface area contributed by atoms with Crippen molar-refractivity contribution in [1.82, 2.24) is 0 Å². The highest BCUT2D eigenvalue weighted by atomic mass is 16.3. The van der Waals surface area contributed by atoms with Gasteiger partial charge in [-0.2, -0.15) is 0 Å². The van der Waals surface area contributed by atoms with Crippen LogP contribution in [0.3, 0.4) is 0 Å². The van der Waals surface area contributed by atoms with Gasteiger partial charge in [0.15, 0.2) is 0 Å². The molecule has 302 valence electrons. The highest BCUT2D eigenvalue weighted by Crippen LogP contribution is 2.62. The van der Waals surface area contributed by atoms with Crippen molar-refractivity contribution in [3.63, 3.8) is 0 Å². The molecule has 2 atom stereocenters. The minimum atomic E-state index is -0.429. The molecule has 1 spiro atoms. The van der Waals surface area contributed by atoms with Crippen molar-refractivity contribution in [2.75, 3.05) is 4.90 Å². The van der Waals surface area contributed by atoms with Crippen molar-refractivity contribution in [2.24, 2.45) is 5.92 Å². The molecule has 2 nitrogen and oxygen atoms in total. The first kappa shape index (κ1) is 36.5. The van der Waals surface area contributed by atoms with Crippen LogP contribution in [0, 0.1) is 5.92 Å². The molecular formula is C61H47NO. The Morgan fingerprint density at radius 2 is 1.02 bits per heavy atom. The second-order valence-corrected chi connectivity index (χ2v) is 19.2. The summed E-state index contributed by atoms with van der Waals surface area (Å²) in [4.78, 5) is 2.43. The Bertz CT molecular complexity index is 3380. The molecule has 9 aromatic rings. The number of hydrogen-bond acceptors (Lipinski definition) is 2. The summed E-state index contributed by atoms with van der Waals surface area (Å²) in [6.07, 6.45) is 9.23. The van der Waals surface area contributed by atoms with E-state index in [-0.39, 0.29) is 10.8 Å². The van der Waals surface area contributed by atoms with E-state index in [9.17, 15) is 0 Å². The Morgan fingerprint density at radius 1 is 0.429 bits per heavy atom. The lowest BCUT2D eigenvalue weighted by molar-refractivity contribution is 0.394. The van der Waals surface area contributed by atoms with Crippen molar-refractivity contribution in [2.45, 2.75) is 49.9 Å². The quantitative estimate of drug-likeness (QED) is 0.176. The molecule has 2 unspecified atom stereocenters. The Kier molecular flexibility index (Phi) is 7.49. The molecule has 0 N–H and O–H groups in total. The lowest BCUT2D eigenvalue weighted by atomic mass is 9.55. The molecule has 63 heavy (non-hydrogen) atoms. The average Bonchev–Trinajstić information content (AvgIpc) is 3.92. The second kappa shape index (κ2) is 12.9. The summed E-state index contributed by atoms with van der Waals surface area (Å²) in [5.41, 5.74) is 20.8. The molecule has 4 aliphatic carbocycles. The third-order valence-electron chi connectivity index (χ3n) is 15.4. The van der Waals surface area contributed by atoms with Crippen molar-refractivity contribution in [1.29, 1.82) is 0 Å². The van der Waals surface area contributed by atoms with E-state index < -0.39 is 5.41 Å². The molecular weight excluding hydrogens is 763 g/mol. The molecule has 1 aromatic heterocycles. The first-order valence-corrected chi connectivity index (χ1v) is 22.5. The van der Waals surface area contributed by atoms with Crippen molar-refractivity contribution in [3.8, 4) is 22.3 Å². The molecule has 0 saturated heterocycles. The third kappa shape index (κ3) is 4.90. The van der Waals surface area contributed by atoms with Crippen molar-refractivity contribution < 1.29 is 4.42 Å². The molecule has 0 amide bonds. The van der Waals surface area contributed by atoms with E-state index in [1.807, 2.05) is 6.07 Å². The summed E-state index contributed by atoms with van der Waals surface area (Å²) in [7, 11) is 0. The maximum atomic E-state index is 6.32. The summed E-state index contributed by atoms with van der Waals surface area (Å²) in [6.45, 7) is 9.61. The van der Waals surface area contributed by atoms with E-state index in [0.717, 1.165) is 39.0 Å². The van der Waals surface area contributed by atoms with Crippen LogP contribution < -0.4 is 4.90 Å². The predicted molar refractivity (Wildman–Crippen MR) is 261 cm³/mol. The van der Waals surface area contributed by atoms with Gasteiger partial charge in [0, 0.05) is 39.2 Å². The van der Waals surface area contributed by atoms with Crippen LogP contribution in [0.5, 0.6) is 0 Å². The Morgan fingerprint density at radius 3 is 1.79 bits per heavy atom. The van der Waals surface area contributed by atoms with Crippen LogP contribution >= 0.6 is 0 Å². The zero-order valence-electron chi connectivity index (χ0n) is 36.1.